The van der Waals surface area contributed by atoms with Crippen LogP contribution in [-0.2, 0) is 6.54 Å². The third-order valence-electron chi connectivity index (χ3n) is 3.36. The van der Waals surface area contributed by atoms with E-state index in [2.05, 4.69) is 59.1 Å². The second kappa shape index (κ2) is 6.27. The van der Waals surface area contributed by atoms with E-state index in [4.69, 9.17) is 4.74 Å². The summed E-state index contributed by atoms with van der Waals surface area (Å²) >= 11 is 3.46. The maximum atomic E-state index is 5.33. The highest BCUT2D eigenvalue weighted by Crippen LogP contribution is 2.23. The van der Waals surface area contributed by atoms with Crippen LogP contribution in [-0.4, -0.2) is 12.1 Å². The second-order valence-corrected chi connectivity index (χ2v) is 5.77. The van der Waals surface area contributed by atoms with Crippen LogP contribution >= 0.6 is 15.9 Å². The molecule has 0 atom stereocenters. The first-order chi connectivity index (χ1) is 9.51. The smallest absolute Gasteiger partial charge is 0.126 e. The summed E-state index contributed by atoms with van der Waals surface area (Å²) in [6.45, 7) is 6.97. The number of hydrogen-bond donors (Lipinski definition) is 1. The minimum absolute atomic E-state index is 0.755. The molecule has 0 saturated carbocycles. The number of ether oxygens (including phenoxy) is 1. The van der Waals surface area contributed by atoms with Gasteiger partial charge in [0.2, 0.25) is 0 Å². The molecular weight excluding hydrogens is 316 g/mol. The predicted octanol–water partition coefficient (Wildman–Crippen LogP) is 4.39. The number of benzene rings is 1. The maximum absolute atomic E-state index is 5.33. The Labute approximate surface area is 128 Å². The van der Waals surface area contributed by atoms with Crippen LogP contribution in [0.1, 0.15) is 22.3 Å². The van der Waals surface area contributed by atoms with Crippen molar-refractivity contribution in [2.24, 2.45) is 0 Å². The zero-order chi connectivity index (χ0) is 14.7. The Hall–Kier alpha value is -1.55. The molecule has 0 aliphatic carbocycles. The number of halogens is 1. The summed E-state index contributed by atoms with van der Waals surface area (Å²) in [7, 11) is 1.70. The minimum atomic E-state index is 0.755. The van der Waals surface area contributed by atoms with Crippen molar-refractivity contribution in [3.05, 3.63) is 51.1 Å². The van der Waals surface area contributed by atoms with Crippen molar-refractivity contribution in [2.75, 3.05) is 12.4 Å². The molecule has 1 aromatic heterocycles. The first kappa shape index (κ1) is 14.9. The lowest BCUT2D eigenvalue weighted by Crippen LogP contribution is -2.04. The van der Waals surface area contributed by atoms with Gasteiger partial charge < -0.3 is 10.1 Å². The molecule has 0 aliphatic heterocycles. The fraction of sp³-hybridized carbons (Fsp3) is 0.312. The third-order valence-corrected chi connectivity index (χ3v) is 4.19. The highest BCUT2D eigenvalue weighted by Gasteiger charge is 2.05. The molecule has 20 heavy (non-hydrogen) atoms. The van der Waals surface area contributed by atoms with E-state index < -0.39 is 0 Å². The Morgan fingerprint density at radius 3 is 2.50 bits per heavy atom. The quantitative estimate of drug-likeness (QED) is 0.900. The van der Waals surface area contributed by atoms with Gasteiger partial charge in [0.15, 0.2) is 0 Å². The first-order valence-corrected chi connectivity index (χ1v) is 7.30. The lowest BCUT2D eigenvalue weighted by molar-refractivity contribution is 0.411. The zero-order valence-corrected chi connectivity index (χ0v) is 13.8. The number of hydrogen-bond acceptors (Lipinski definition) is 3. The molecule has 0 radical (unpaired) electrons. The van der Waals surface area contributed by atoms with Crippen LogP contribution in [0.4, 0.5) is 5.82 Å². The Balaban J connectivity index is 2.14. The Bertz CT molecular complexity index is 626. The van der Waals surface area contributed by atoms with Crippen LogP contribution in [0.15, 0.2) is 28.9 Å². The summed E-state index contributed by atoms with van der Waals surface area (Å²) in [5.74, 6) is 1.82. The summed E-state index contributed by atoms with van der Waals surface area (Å²) < 4.78 is 6.36. The number of rotatable bonds is 4. The molecule has 0 amide bonds. The summed E-state index contributed by atoms with van der Waals surface area (Å²) in [4.78, 5) is 4.36. The van der Waals surface area contributed by atoms with Crippen molar-refractivity contribution in [3.8, 4) is 5.75 Å². The molecule has 0 saturated heterocycles. The van der Waals surface area contributed by atoms with Gasteiger partial charge in [0.25, 0.3) is 0 Å². The molecule has 0 unspecified atom stereocenters. The largest absolute Gasteiger partial charge is 0.496 e. The van der Waals surface area contributed by atoms with Crippen LogP contribution in [0.2, 0.25) is 0 Å². The van der Waals surface area contributed by atoms with Crippen LogP contribution in [0.5, 0.6) is 5.75 Å². The van der Waals surface area contributed by atoms with Gasteiger partial charge >= 0.3 is 0 Å². The molecule has 1 aromatic carbocycles. The number of nitrogens with one attached hydrogen (secondary N) is 1. The fourth-order valence-corrected chi connectivity index (χ4v) is 2.30. The van der Waals surface area contributed by atoms with Gasteiger partial charge in [0, 0.05) is 17.2 Å². The highest BCUT2D eigenvalue weighted by atomic mass is 79.9. The molecule has 106 valence electrons. The van der Waals surface area contributed by atoms with E-state index in [9.17, 15) is 0 Å². The monoisotopic (exact) mass is 334 g/mol. The van der Waals surface area contributed by atoms with Crippen molar-refractivity contribution < 1.29 is 4.74 Å². The standard InChI is InChI=1S/C16H19BrN2O/c1-10-6-15(20-4)12(3)5-13(10)8-18-16-7-11(2)14(17)9-19-16/h5-7,9H,8H2,1-4H3,(H,18,19). The Kier molecular flexibility index (Phi) is 4.65. The van der Waals surface area contributed by atoms with Gasteiger partial charge in [-0.05, 0) is 71.1 Å². The third kappa shape index (κ3) is 3.31. The van der Waals surface area contributed by atoms with Crippen molar-refractivity contribution in [2.45, 2.75) is 27.3 Å². The number of pyridine rings is 1. The van der Waals surface area contributed by atoms with Gasteiger partial charge in [-0.25, -0.2) is 4.98 Å². The molecule has 0 spiro atoms. The number of anilines is 1. The average molecular weight is 335 g/mol. The van der Waals surface area contributed by atoms with Gasteiger partial charge in [-0.2, -0.15) is 0 Å². The predicted molar refractivity (Wildman–Crippen MR) is 86.5 cm³/mol. The zero-order valence-electron chi connectivity index (χ0n) is 12.2. The van der Waals surface area contributed by atoms with Crippen molar-refractivity contribution in [1.82, 2.24) is 4.98 Å². The maximum Gasteiger partial charge on any atom is 0.126 e. The van der Waals surface area contributed by atoms with Gasteiger partial charge in [-0.1, -0.05) is 6.07 Å². The van der Waals surface area contributed by atoms with Crippen LogP contribution in [0.25, 0.3) is 0 Å². The van der Waals surface area contributed by atoms with E-state index in [1.165, 1.54) is 16.7 Å². The van der Waals surface area contributed by atoms with E-state index in [1.807, 2.05) is 12.3 Å². The van der Waals surface area contributed by atoms with E-state index in [-0.39, 0.29) is 0 Å². The fourth-order valence-electron chi connectivity index (χ4n) is 2.08. The van der Waals surface area contributed by atoms with Gasteiger partial charge in [-0.15, -0.1) is 0 Å². The summed E-state index contributed by atoms with van der Waals surface area (Å²) in [5, 5.41) is 3.36. The molecule has 1 N–H and O–H groups in total. The molecule has 0 bridgehead atoms. The van der Waals surface area contributed by atoms with E-state index in [1.54, 1.807) is 7.11 Å². The SMILES string of the molecule is COc1cc(C)c(CNc2cc(C)c(Br)cn2)cc1C. The lowest BCUT2D eigenvalue weighted by atomic mass is 10.0. The molecule has 1 heterocycles. The molecule has 2 aromatic rings. The normalized spacial score (nSPS) is 10.4. The van der Waals surface area contributed by atoms with Crippen LogP contribution in [0, 0.1) is 20.8 Å². The summed E-state index contributed by atoms with van der Waals surface area (Å²) in [5.41, 5.74) is 4.79. The topological polar surface area (TPSA) is 34.1 Å². The summed E-state index contributed by atoms with van der Waals surface area (Å²) in [6, 6.07) is 6.27. The lowest BCUT2D eigenvalue weighted by Gasteiger charge is -2.13. The number of aryl methyl sites for hydroxylation is 3. The molecule has 0 fully saturated rings. The first-order valence-electron chi connectivity index (χ1n) is 6.51. The highest BCUT2D eigenvalue weighted by molar-refractivity contribution is 9.10. The molecule has 4 heteroatoms. The van der Waals surface area contributed by atoms with E-state index in [0.717, 1.165) is 28.1 Å². The second-order valence-electron chi connectivity index (χ2n) is 4.92. The van der Waals surface area contributed by atoms with Crippen LogP contribution < -0.4 is 10.1 Å². The van der Waals surface area contributed by atoms with Gasteiger partial charge in [-0.3, -0.25) is 0 Å². The van der Waals surface area contributed by atoms with Crippen LogP contribution in [0.3, 0.4) is 0 Å². The minimum Gasteiger partial charge on any atom is -0.496 e. The molecule has 3 nitrogen and oxygen atoms in total. The van der Waals surface area contributed by atoms with E-state index >= 15 is 0 Å². The summed E-state index contributed by atoms with van der Waals surface area (Å²) in [6.07, 6.45) is 1.82. The van der Waals surface area contributed by atoms with Gasteiger partial charge in [0.1, 0.15) is 11.6 Å². The molecule has 0 aliphatic rings. The van der Waals surface area contributed by atoms with Crippen molar-refractivity contribution in [3.63, 3.8) is 0 Å². The average Bonchev–Trinajstić information content (AvgIpc) is 2.43. The number of aromatic nitrogens is 1. The Morgan fingerprint density at radius 2 is 1.85 bits per heavy atom. The van der Waals surface area contributed by atoms with E-state index in [0.29, 0.717) is 0 Å². The number of methoxy groups -OCH3 is 1. The molecular formula is C16H19BrN2O. The van der Waals surface area contributed by atoms with Crippen molar-refractivity contribution in [1.29, 1.82) is 0 Å². The molecule has 2 rings (SSSR count). The van der Waals surface area contributed by atoms with Crippen molar-refractivity contribution >= 4 is 21.7 Å². The number of nitrogens with zero attached hydrogens (tertiary/aromatic N) is 1. The van der Waals surface area contributed by atoms with Gasteiger partial charge in [0.05, 0.1) is 7.11 Å². The Morgan fingerprint density at radius 1 is 1.10 bits per heavy atom.